The van der Waals surface area contributed by atoms with Crippen LogP contribution in [0.4, 0.5) is 0 Å². The summed E-state index contributed by atoms with van der Waals surface area (Å²) in [6, 6.07) is -0.0192. The monoisotopic (exact) mass is 356 g/mol. The van der Waals surface area contributed by atoms with Crippen molar-refractivity contribution in [3.05, 3.63) is 11.6 Å². The molecule has 0 unspecified atom stereocenters. The fourth-order valence-corrected chi connectivity index (χ4v) is 4.86. The third kappa shape index (κ3) is 6.55. The quantitative estimate of drug-likeness (QED) is 0.563. The van der Waals surface area contributed by atoms with E-state index in [4.69, 9.17) is 0 Å². The van der Waals surface area contributed by atoms with Crippen LogP contribution in [0.25, 0.3) is 0 Å². The van der Waals surface area contributed by atoms with Crippen molar-refractivity contribution >= 4 is 15.9 Å². The lowest BCUT2D eigenvalue weighted by Gasteiger charge is -2.28. The fraction of sp³-hybridized carbons (Fsp3) is 0.833. The van der Waals surface area contributed by atoms with Crippen LogP contribution in [0, 0.1) is 0 Å². The molecule has 138 valence electrons. The molecule has 0 saturated heterocycles. The highest BCUT2D eigenvalue weighted by Crippen LogP contribution is 2.23. The van der Waals surface area contributed by atoms with Gasteiger partial charge in [-0.3, -0.25) is 4.79 Å². The average Bonchev–Trinajstić information content (AvgIpc) is 2.81. The van der Waals surface area contributed by atoms with E-state index in [-0.39, 0.29) is 18.5 Å². The minimum Gasteiger partial charge on any atom is -0.355 e. The number of nitrogens with zero attached hydrogens (tertiary/aromatic N) is 1. The summed E-state index contributed by atoms with van der Waals surface area (Å²) in [6.07, 6.45) is 15.3. The van der Waals surface area contributed by atoms with Gasteiger partial charge in [0.1, 0.15) is 0 Å². The van der Waals surface area contributed by atoms with E-state index >= 15 is 0 Å². The number of carbonyl (C=O) groups excluding carboxylic acids is 1. The Hall–Kier alpha value is -0.880. The molecular weight excluding hydrogens is 324 g/mol. The van der Waals surface area contributed by atoms with Gasteiger partial charge in [0.05, 0.1) is 12.8 Å². The van der Waals surface area contributed by atoms with Gasteiger partial charge >= 0.3 is 0 Å². The van der Waals surface area contributed by atoms with E-state index in [1.54, 1.807) is 0 Å². The van der Waals surface area contributed by atoms with E-state index in [0.29, 0.717) is 6.54 Å². The maximum Gasteiger partial charge on any atom is 0.235 e. The van der Waals surface area contributed by atoms with Gasteiger partial charge in [-0.2, -0.15) is 4.31 Å². The molecule has 0 aromatic carbocycles. The molecular formula is C18H32N2O3S. The van der Waals surface area contributed by atoms with Crippen molar-refractivity contribution in [1.82, 2.24) is 9.62 Å². The molecule has 0 aromatic heterocycles. The topological polar surface area (TPSA) is 66.5 Å². The van der Waals surface area contributed by atoms with Crippen LogP contribution in [-0.2, 0) is 14.8 Å². The first-order valence-electron chi connectivity index (χ1n) is 9.38. The van der Waals surface area contributed by atoms with E-state index in [0.717, 1.165) is 57.8 Å². The number of nitrogens with one attached hydrogen (secondary N) is 1. The number of hydrogen-bond acceptors (Lipinski definition) is 3. The lowest BCUT2D eigenvalue weighted by molar-refractivity contribution is -0.121. The Bertz CT molecular complexity index is 534. The Labute approximate surface area is 146 Å². The van der Waals surface area contributed by atoms with Crippen molar-refractivity contribution in [2.24, 2.45) is 0 Å². The lowest BCUT2D eigenvalue weighted by Crippen LogP contribution is -2.46. The molecule has 1 fully saturated rings. The van der Waals surface area contributed by atoms with Gasteiger partial charge in [0.2, 0.25) is 15.9 Å². The highest BCUT2D eigenvalue weighted by Gasteiger charge is 2.29. The summed E-state index contributed by atoms with van der Waals surface area (Å²) in [7, 11) is -3.36. The highest BCUT2D eigenvalue weighted by atomic mass is 32.2. The third-order valence-electron chi connectivity index (χ3n) is 5.11. The van der Waals surface area contributed by atoms with Gasteiger partial charge in [-0.25, -0.2) is 8.42 Å². The maximum absolute atomic E-state index is 12.2. The summed E-state index contributed by atoms with van der Waals surface area (Å²) < 4.78 is 25.7. The molecule has 1 N–H and O–H groups in total. The zero-order valence-electron chi connectivity index (χ0n) is 14.9. The Morgan fingerprint density at radius 3 is 2.46 bits per heavy atom. The van der Waals surface area contributed by atoms with Crippen LogP contribution in [-0.4, -0.2) is 44.0 Å². The standard InChI is InChI=1S/C18H32N2O3S/c1-24(22,23)20(17-11-7-2-3-8-12-17)15-18(21)19-14-13-16-9-5-4-6-10-16/h9,17H,2-8,10-15H2,1H3,(H,19,21). The summed E-state index contributed by atoms with van der Waals surface area (Å²) in [6.45, 7) is 0.565. The van der Waals surface area contributed by atoms with E-state index in [9.17, 15) is 13.2 Å². The Morgan fingerprint density at radius 2 is 1.88 bits per heavy atom. The minimum atomic E-state index is -3.36. The molecule has 2 rings (SSSR count). The van der Waals surface area contributed by atoms with Gasteiger partial charge in [0, 0.05) is 12.6 Å². The molecule has 1 saturated carbocycles. The summed E-state index contributed by atoms with van der Waals surface area (Å²) in [5, 5.41) is 2.90. The van der Waals surface area contributed by atoms with Crippen LogP contribution in [0.3, 0.4) is 0 Å². The fourth-order valence-electron chi connectivity index (χ4n) is 3.75. The van der Waals surface area contributed by atoms with Crippen LogP contribution in [0.15, 0.2) is 11.6 Å². The highest BCUT2D eigenvalue weighted by molar-refractivity contribution is 7.88. The molecule has 0 spiro atoms. The van der Waals surface area contributed by atoms with Gasteiger partial charge < -0.3 is 5.32 Å². The van der Waals surface area contributed by atoms with E-state index in [2.05, 4.69) is 11.4 Å². The zero-order chi connectivity index (χ0) is 17.4. The van der Waals surface area contributed by atoms with Gasteiger partial charge in [0.25, 0.3) is 0 Å². The van der Waals surface area contributed by atoms with Crippen molar-refractivity contribution in [1.29, 1.82) is 0 Å². The van der Waals surface area contributed by atoms with Gasteiger partial charge in [-0.1, -0.05) is 37.3 Å². The van der Waals surface area contributed by atoms with E-state index in [1.165, 1.54) is 29.0 Å². The van der Waals surface area contributed by atoms with E-state index in [1.807, 2.05) is 0 Å². The first-order valence-corrected chi connectivity index (χ1v) is 11.2. The van der Waals surface area contributed by atoms with E-state index < -0.39 is 10.0 Å². The molecule has 2 aliphatic carbocycles. The summed E-state index contributed by atoms with van der Waals surface area (Å²) in [5.74, 6) is -0.180. The first kappa shape index (κ1) is 19.4. The smallest absolute Gasteiger partial charge is 0.235 e. The molecule has 1 amide bonds. The van der Waals surface area contributed by atoms with Crippen molar-refractivity contribution in [2.75, 3.05) is 19.3 Å². The molecule has 0 bridgehead atoms. The second-order valence-corrected chi connectivity index (χ2v) is 9.10. The molecule has 0 heterocycles. The second-order valence-electron chi connectivity index (χ2n) is 7.16. The number of hydrogen-bond donors (Lipinski definition) is 1. The van der Waals surface area contributed by atoms with Gasteiger partial charge in [-0.05, 0) is 44.9 Å². The van der Waals surface area contributed by atoms with Gasteiger partial charge in [0.15, 0.2) is 0 Å². The minimum absolute atomic E-state index is 0.0192. The number of amides is 1. The second kappa shape index (κ2) is 9.56. The summed E-state index contributed by atoms with van der Waals surface area (Å²) in [4.78, 5) is 12.2. The van der Waals surface area contributed by atoms with Crippen molar-refractivity contribution in [3.63, 3.8) is 0 Å². The van der Waals surface area contributed by atoms with Crippen LogP contribution < -0.4 is 5.32 Å². The SMILES string of the molecule is CS(=O)(=O)N(CC(=O)NCCC1=CCCCC1)C1CCCCCC1. The number of carbonyl (C=O) groups is 1. The zero-order valence-corrected chi connectivity index (χ0v) is 15.7. The van der Waals surface area contributed by atoms with Crippen LogP contribution in [0.2, 0.25) is 0 Å². The predicted octanol–water partition coefficient (Wildman–Crippen LogP) is 2.98. The largest absolute Gasteiger partial charge is 0.355 e. The lowest BCUT2D eigenvalue weighted by atomic mass is 9.97. The third-order valence-corrected chi connectivity index (χ3v) is 6.39. The van der Waals surface area contributed by atoms with Crippen molar-refractivity contribution in [3.8, 4) is 0 Å². The molecule has 0 aromatic rings. The Balaban J connectivity index is 1.84. The molecule has 2 aliphatic rings. The summed E-state index contributed by atoms with van der Waals surface area (Å²) in [5.41, 5.74) is 1.42. The molecule has 0 atom stereocenters. The normalized spacial score (nSPS) is 20.5. The average molecular weight is 357 g/mol. The molecule has 0 aliphatic heterocycles. The Kier molecular flexibility index (Phi) is 7.75. The molecule has 6 heteroatoms. The first-order chi connectivity index (χ1) is 11.5. The van der Waals surface area contributed by atoms with Gasteiger partial charge in [-0.15, -0.1) is 0 Å². The van der Waals surface area contributed by atoms with Crippen molar-refractivity contribution < 1.29 is 13.2 Å². The number of rotatable bonds is 7. The number of allylic oxidation sites excluding steroid dienone is 1. The molecule has 0 radical (unpaired) electrons. The predicted molar refractivity (Wildman–Crippen MR) is 97.2 cm³/mol. The molecule has 5 nitrogen and oxygen atoms in total. The van der Waals surface area contributed by atoms with Crippen molar-refractivity contribution in [2.45, 2.75) is 76.7 Å². The van der Waals surface area contributed by atoms with Crippen LogP contribution in [0.5, 0.6) is 0 Å². The summed E-state index contributed by atoms with van der Waals surface area (Å²) >= 11 is 0. The van der Waals surface area contributed by atoms with Crippen LogP contribution in [0.1, 0.15) is 70.6 Å². The maximum atomic E-state index is 12.2. The molecule has 24 heavy (non-hydrogen) atoms. The number of sulfonamides is 1. The Morgan fingerprint density at radius 1 is 1.17 bits per heavy atom. The van der Waals surface area contributed by atoms with Crippen LogP contribution >= 0.6 is 0 Å².